The zero-order valence-electron chi connectivity index (χ0n) is 13.4. The van der Waals surface area contributed by atoms with Crippen molar-refractivity contribution < 1.29 is 14.6 Å². The van der Waals surface area contributed by atoms with Gasteiger partial charge in [0.1, 0.15) is 18.0 Å². The highest BCUT2D eigenvalue weighted by molar-refractivity contribution is 5.21. The van der Waals surface area contributed by atoms with Gasteiger partial charge in [-0.05, 0) is 12.1 Å². The van der Waals surface area contributed by atoms with Gasteiger partial charge in [-0.25, -0.2) is 4.98 Å². The molecule has 1 aromatic heterocycles. The number of imidazole rings is 1. The highest BCUT2D eigenvalue weighted by Crippen LogP contribution is 2.17. The Labute approximate surface area is 136 Å². The quantitative estimate of drug-likeness (QED) is 0.894. The Morgan fingerprint density at radius 1 is 1.35 bits per heavy atom. The summed E-state index contributed by atoms with van der Waals surface area (Å²) in [7, 11) is 1.95. The van der Waals surface area contributed by atoms with Crippen LogP contribution in [0.5, 0.6) is 5.75 Å². The van der Waals surface area contributed by atoms with Crippen LogP contribution in [0.25, 0.3) is 0 Å². The van der Waals surface area contributed by atoms with Gasteiger partial charge in [-0.1, -0.05) is 18.2 Å². The number of hydrogen-bond donors (Lipinski definition) is 1. The van der Waals surface area contributed by atoms with Gasteiger partial charge in [-0.15, -0.1) is 0 Å². The Balaban J connectivity index is 1.61. The first-order chi connectivity index (χ1) is 11.1. The van der Waals surface area contributed by atoms with E-state index in [1.54, 1.807) is 6.33 Å². The van der Waals surface area contributed by atoms with E-state index in [-0.39, 0.29) is 13.2 Å². The first-order valence-corrected chi connectivity index (χ1v) is 7.80. The molecule has 1 N–H and O–H groups in total. The number of nitrogens with zero attached hydrogens (tertiary/aromatic N) is 3. The van der Waals surface area contributed by atoms with E-state index in [9.17, 15) is 5.11 Å². The summed E-state index contributed by atoms with van der Waals surface area (Å²) in [5.41, 5.74) is -0.0399. The van der Waals surface area contributed by atoms with Crippen LogP contribution in [0, 0.1) is 0 Å². The third kappa shape index (κ3) is 4.54. The first kappa shape index (κ1) is 16.0. The zero-order chi connectivity index (χ0) is 16.1. The second kappa shape index (κ2) is 7.12. The molecule has 0 amide bonds. The number of para-hydroxylation sites is 1. The maximum atomic E-state index is 10.8. The van der Waals surface area contributed by atoms with E-state index in [1.807, 2.05) is 48.1 Å². The normalized spacial score (nSPS) is 22.7. The van der Waals surface area contributed by atoms with E-state index >= 15 is 0 Å². The molecule has 1 aliphatic rings. The summed E-state index contributed by atoms with van der Waals surface area (Å²) in [6.45, 7) is 3.03. The van der Waals surface area contributed by atoms with Crippen molar-refractivity contribution in [2.45, 2.75) is 12.1 Å². The average molecular weight is 317 g/mol. The summed E-state index contributed by atoms with van der Waals surface area (Å²) in [4.78, 5) is 6.51. The Morgan fingerprint density at radius 3 is 2.91 bits per heavy atom. The number of ether oxygens (including phenoxy) is 2. The maximum absolute atomic E-state index is 10.8. The van der Waals surface area contributed by atoms with E-state index in [0.29, 0.717) is 19.7 Å². The first-order valence-electron chi connectivity index (χ1n) is 7.80. The fraction of sp³-hybridized carbons (Fsp3) is 0.471. The van der Waals surface area contributed by atoms with Crippen LogP contribution in [-0.2, 0) is 18.3 Å². The average Bonchev–Trinajstić information content (AvgIpc) is 2.86. The Morgan fingerprint density at radius 2 is 2.17 bits per heavy atom. The maximum Gasteiger partial charge on any atom is 0.134 e. The molecule has 23 heavy (non-hydrogen) atoms. The molecule has 0 saturated carbocycles. The predicted octanol–water partition coefficient (Wildman–Crippen LogP) is 1.06. The van der Waals surface area contributed by atoms with Crippen LogP contribution in [-0.4, -0.2) is 58.1 Å². The number of rotatable bonds is 5. The standard InChI is InChI=1S/C17H23N3O3/c1-19-9-15(18-14-19)10-20-7-8-22-12-17(21,11-20)13-23-16-5-3-2-4-6-16/h2-6,9,14,21H,7-8,10-13H2,1H3. The van der Waals surface area contributed by atoms with Gasteiger partial charge in [-0.2, -0.15) is 0 Å². The summed E-state index contributed by atoms with van der Waals surface area (Å²) < 4.78 is 13.2. The highest BCUT2D eigenvalue weighted by Gasteiger charge is 2.33. The highest BCUT2D eigenvalue weighted by atomic mass is 16.5. The van der Waals surface area contributed by atoms with Crippen molar-refractivity contribution >= 4 is 0 Å². The lowest BCUT2D eigenvalue weighted by Crippen LogP contribution is -2.48. The van der Waals surface area contributed by atoms with E-state index in [1.165, 1.54) is 0 Å². The molecule has 1 atom stereocenters. The molecule has 2 heterocycles. The fourth-order valence-corrected chi connectivity index (χ4v) is 2.73. The summed E-state index contributed by atoms with van der Waals surface area (Å²) in [6.07, 6.45) is 3.78. The van der Waals surface area contributed by atoms with Crippen molar-refractivity contribution in [1.29, 1.82) is 0 Å². The molecule has 6 heteroatoms. The topological polar surface area (TPSA) is 59.8 Å². The molecule has 1 saturated heterocycles. The minimum absolute atomic E-state index is 0.204. The minimum atomic E-state index is -1.03. The predicted molar refractivity (Wildman–Crippen MR) is 86.2 cm³/mol. The number of benzene rings is 1. The molecular weight excluding hydrogens is 294 g/mol. The monoisotopic (exact) mass is 317 g/mol. The van der Waals surface area contributed by atoms with E-state index in [0.717, 1.165) is 18.0 Å². The van der Waals surface area contributed by atoms with Gasteiger partial charge in [0, 0.05) is 32.9 Å². The van der Waals surface area contributed by atoms with Gasteiger partial charge in [0.15, 0.2) is 0 Å². The molecule has 0 spiro atoms. The van der Waals surface area contributed by atoms with Gasteiger partial charge in [-0.3, -0.25) is 4.90 Å². The lowest BCUT2D eigenvalue weighted by Gasteiger charge is -2.30. The van der Waals surface area contributed by atoms with Crippen LogP contribution in [0.1, 0.15) is 5.69 Å². The van der Waals surface area contributed by atoms with Crippen LogP contribution in [0.4, 0.5) is 0 Å². The molecule has 0 radical (unpaired) electrons. The van der Waals surface area contributed by atoms with E-state index in [2.05, 4.69) is 9.88 Å². The summed E-state index contributed by atoms with van der Waals surface area (Å²) in [6, 6.07) is 9.52. The number of aryl methyl sites for hydroxylation is 1. The number of β-amino-alcohol motifs (C(OH)–C–C–N with tert-alkyl or cyclic N) is 1. The number of aliphatic hydroxyl groups is 1. The van der Waals surface area contributed by atoms with Gasteiger partial charge >= 0.3 is 0 Å². The van der Waals surface area contributed by atoms with Crippen molar-refractivity contribution in [3.05, 3.63) is 48.5 Å². The van der Waals surface area contributed by atoms with Crippen molar-refractivity contribution in [2.75, 3.05) is 32.9 Å². The van der Waals surface area contributed by atoms with E-state index < -0.39 is 5.60 Å². The van der Waals surface area contributed by atoms with Crippen molar-refractivity contribution in [2.24, 2.45) is 7.05 Å². The smallest absolute Gasteiger partial charge is 0.134 e. The zero-order valence-corrected chi connectivity index (χ0v) is 13.4. The number of hydrogen-bond acceptors (Lipinski definition) is 5. The van der Waals surface area contributed by atoms with Crippen molar-refractivity contribution in [3.8, 4) is 5.75 Å². The van der Waals surface area contributed by atoms with Gasteiger partial charge in [0.2, 0.25) is 0 Å². The second-order valence-corrected chi connectivity index (χ2v) is 6.12. The molecular formula is C17H23N3O3. The van der Waals surface area contributed by atoms with Crippen LogP contribution in [0.15, 0.2) is 42.9 Å². The molecule has 6 nitrogen and oxygen atoms in total. The summed E-state index contributed by atoms with van der Waals surface area (Å²) in [5, 5.41) is 10.8. The van der Waals surface area contributed by atoms with Crippen LogP contribution >= 0.6 is 0 Å². The fourth-order valence-electron chi connectivity index (χ4n) is 2.73. The Kier molecular flexibility index (Phi) is 4.95. The van der Waals surface area contributed by atoms with Crippen molar-refractivity contribution in [3.63, 3.8) is 0 Å². The SMILES string of the molecule is Cn1cnc(CN2CCOCC(O)(COc3ccccc3)C2)c1. The van der Waals surface area contributed by atoms with Crippen molar-refractivity contribution in [1.82, 2.24) is 14.5 Å². The molecule has 3 rings (SSSR count). The van der Waals surface area contributed by atoms with Crippen LogP contribution in [0.3, 0.4) is 0 Å². The molecule has 1 aliphatic heterocycles. The third-order valence-corrected chi connectivity index (χ3v) is 3.84. The van der Waals surface area contributed by atoms with Gasteiger partial charge < -0.3 is 19.1 Å². The lowest BCUT2D eigenvalue weighted by atomic mass is 10.1. The van der Waals surface area contributed by atoms with E-state index in [4.69, 9.17) is 9.47 Å². The largest absolute Gasteiger partial charge is 0.490 e. The second-order valence-electron chi connectivity index (χ2n) is 6.12. The Bertz CT molecular complexity index is 617. The van der Waals surface area contributed by atoms with Crippen LogP contribution < -0.4 is 4.74 Å². The van der Waals surface area contributed by atoms with Crippen LogP contribution in [0.2, 0.25) is 0 Å². The molecule has 1 aromatic carbocycles. The minimum Gasteiger partial charge on any atom is -0.490 e. The lowest BCUT2D eigenvalue weighted by molar-refractivity contribution is -0.0647. The Hall–Kier alpha value is -1.89. The third-order valence-electron chi connectivity index (χ3n) is 3.84. The number of aromatic nitrogens is 2. The molecule has 124 valence electrons. The van der Waals surface area contributed by atoms with Gasteiger partial charge in [0.25, 0.3) is 0 Å². The van der Waals surface area contributed by atoms with Gasteiger partial charge in [0.05, 0.1) is 25.2 Å². The molecule has 2 aromatic rings. The molecule has 0 bridgehead atoms. The molecule has 1 unspecified atom stereocenters. The summed E-state index contributed by atoms with van der Waals surface area (Å²) >= 11 is 0. The molecule has 0 aliphatic carbocycles. The summed E-state index contributed by atoms with van der Waals surface area (Å²) in [5.74, 6) is 0.751. The molecule has 1 fully saturated rings.